The molecule has 0 N–H and O–H groups in total. The van der Waals surface area contributed by atoms with Crippen LogP contribution in [0.5, 0.6) is 0 Å². The molecule has 0 aliphatic heterocycles. The molecule has 0 saturated carbocycles. The van der Waals surface area contributed by atoms with Gasteiger partial charge in [-0.25, -0.2) is 9.97 Å². The van der Waals surface area contributed by atoms with Crippen LogP contribution in [-0.2, 0) is 11.2 Å². The van der Waals surface area contributed by atoms with Gasteiger partial charge in [-0.3, -0.25) is 4.79 Å². The molecule has 10 heavy (non-hydrogen) atoms. The molecule has 52 valence electrons. The van der Waals surface area contributed by atoms with Gasteiger partial charge >= 0.3 is 0 Å². The summed E-state index contributed by atoms with van der Waals surface area (Å²) in [5.41, 5.74) is 0. The van der Waals surface area contributed by atoms with Crippen LogP contribution in [0, 0.1) is 0 Å². The Kier molecular flexibility index (Phi) is 2.39. The minimum atomic E-state index is -0.216. The molecule has 0 fully saturated rings. The second kappa shape index (κ2) is 3.31. The first-order valence-corrected chi connectivity index (χ1v) is 3.21. The number of nitrogens with zero attached hydrogens (tertiary/aromatic N) is 2. The topological polar surface area (TPSA) is 42.9 Å². The van der Waals surface area contributed by atoms with Gasteiger partial charge in [0.25, 0.3) is 0 Å². The summed E-state index contributed by atoms with van der Waals surface area (Å²) in [5.74, 6) is 0.516. The van der Waals surface area contributed by atoms with E-state index in [0.29, 0.717) is 5.82 Å². The average molecular weight is 154 g/mol. The monoisotopic (exact) mass is 154 g/mol. The molecule has 0 aliphatic rings. The van der Waals surface area contributed by atoms with Crippen LogP contribution in [0.3, 0.4) is 0 Å². The van der Waals surface area contributed by atoms with E-state index in [2.05, 4.69) is 22.6 Å². The predicted octanol–water partition coefficient (Wildman–Crippen LogP) is 0.475. The Morgan fingerprint density at radius 1 is 1.50 bits per heavy atom. The minimum absolute atomic E-state index is 0.198. The summed E-state index contributed by atoms with van der Waals surface area (Å²) in [6.07, 6.45) is 3.39. The van der Waals surface area contributed by atoms with Gasteiger partial charge in [-0.2, -0.15) is 0 Å². The lowest BCUT2D eigenvalue weighted by molar-refractivity contribution is -0.110. The van der Waals surface area contributed by atoms with Crippen molar-refractivity contribution in [1.82, 2.24) is 9.97 Å². The lowest BCUT2D eigenvalue weighted by Gasteiger charge is -1.90. The molecule has 0 aliphatic carbocycles. The van der Waals surface area contributed by atoms with E-state index in [1.165, 1.54) is 0 Å². The number of thiol groups is 1. The fraction of sp³-hybridized carbons (Fsp3) is 0.167. The summed E-state index contributed by atoms with van der Waals surface area (Å²) in [7, 11) is 0. The van der Waals surface area contributed by atoms with Crippen LogP contribution >= 0.6 is 12.6 Å². The standard InChI is InChI=1S/C6H6N2OS/c9-6(10)4-5-7-2-1-3-8-5/h1-3H,4H2,(H,9,10). The van der Waals surface area contributed by atoms with Crippen LogP contribution < -0.4 is 0 Å². The summed E-state index contributed by atoms with van der Waals surface area (Å²) in [6, 6.07) is 1.70. The third kappa shape index (κ3) is 2.14. The van der Waals surface area contributed by atoms with E-state index < -0.39 is 0 Å². The van der Waals surface area contributed by atoms with E-state index in [9.17, 15) is 4.79 Å². The van der Waals surface area contributed by atoms with Crippen LogP contribution in [0.4, 0.5) is 0 Å². The van der Waals surface area contributed by atoms with E-state index >= 15 is 0 Å². The number of hydrogen-bond donors (Lipinski definition) is 1. The molecular formula is C6H6N2OS. The van der Waals surface area contributed by atoms with Gasteiger partial charge in [-0.15, -0.1) is 12.6 Å². The molecular weight excluding hydrogens is 148 g/mol. The van der Waals surface area contributed by atoms with Crippen molar-refractivity contribution in [2.45, 2.75) is 6.42 Å². The van der Waals surface area contributed by atoms with Crippen LogP contribution in [0.2, 0.25) is 0 Å². The molecule has 0 radical (unpaired) electrons. The number of hydrogen-bond acceptors (Lipinski definition) is 3. The summed E-state index contributed by atoms with van der Waals surface area (Å²) in [5, 5.41) is -0.216. The fourth-order valence-electron chi connectivity index (χ4n) is 0.557. The highest BCUT2D eigenvalue weighted by Crippen LogP contribution is 1.91. The van der Waals surface area contributed by atoms with E-state index in [0.717, 1.165) is 0 Å². The minimum Gasteiger partial charge on any atom is -0.287 e. The molecule has 3 nitrogen and oxygen atoms in total. The highest BCUT2D eigenvalue weighted by molar-refractivity contribution is 7.96. The molecule has 1 aromatic rings. The Morgan fingerprint density at radius 2 is 2.10 bits per heavy atom. The molecule has 0 atom stereocenters. The largest absolute Gasteiger partial charge is 0.287 e. The summed E-state index contributed by atoms with van der Waals surface area (Å²) < 4.78 is 0. The average Bonchev–Trinajstić information content (AvgIpc) is 1.88. The van der Waals surface area contributed by atoms with Gasteiger partial charge in [0, 0.05) is 12.4 Å². The molecule has 0 aromatic carbocycles. The molecule has 1 heterocycles. The zero-order chi connectivity index (χ0) is 7.40. The van der Waals surface area contributed by atoms with Gasteiger partial charge in [0.05, 0.1) is 6.42 Å². The molecule has 0 amide bonds. The van der Waals surface area contributed by atoms with Crippen LogP contribution in [0.25, 0.3) is 0 Å². The Labute approximate surface area is 63.9 Å². The maximum absolute atomic E-state index is 10.4. The quantitative estimate of drug-likeness (QED) is 0.630. The summed E-state index contributed by atoms with van der Waals surface area (Å²) >= 11 is 3.59. The SMILES string of the molecule is O=C(S)Cc1ncccn1. The van der Waals surface area contributed by atoms with Crippen molar-refractivity contribution < 1.29 is 4.79 Å². The first-order chi connectivity index (χ1) is 4.79. The first kappa shape index (κ1) is 7.21. The normalized spacial score (nSPS) is 9.30. The van der Waals surface area contributed by atoms with Crippen molar-refractivity contribution in [1.29, 1.82) is 0 Å². The Bertz CT molecular complexity index is 224. The Balaban J connectivity index is 2.67. The number of carbonyl (C=O) groups excluding carboxylic acids is 1. The lowest BCUT2D eigenvalue weighted by Crippen LogP contribution is -1.98. The number of carbonyl (C=O) groups is 1. The van der Waals surface area contributed by atoms with Gasteiger partial charge in [0.15, 0.2) is 5.12 Å². The second-order valence-electron chi connectivity index (χ2n) is 1.74. The molecule has 0 unspecified atom stereocenters. The Morgan fingerprint density at radius 3 is 2.60 bits per heavy atom. The smallest absolute Gasteiger partial charge is 0.193 e. The number of aromatic nitrogens is 2. The zero-order valence-corrected chi connectivity index (χ0v) is 6.08. The number of rotatable bonds is 2. The molecule has 0 bridgehead atoms. The van der Waals surface area contributed by atoms with Crippen molar-refractivity contribution in [2.75, 3.05) is 0 Å². The molecule has 4 heteroatoms. The van der Waals surface area contributed by atoms with E-state index in [1.54, 1.807) is 18.5 Å². The van der Waals surface area contributed by atoms with Crippen LogP contribution in [0.1, 0.15) is 5.82 Å². The fourth-order valence-corrected chi connectivity index (χ4v) is 0.698. The van der Waals surface area contributed by atoms with Gasteiger partial charge in [-0.1, -0.05) is 0 Å². The molecule has 1 aromatic heterocycles. The van der Waals surface area contributed by atoms with E-state index in [1.807, 2.05) is 0 Å². The van der Waals surface area contributed by atoms with Crippen molar-refractivity contribution in [3.63, 3.8) is 0 Å². The van der Waals surface area contributed by atoms with Gasteiger partial charge in [0.1, 0.15) is 5.82 Å². The van der Waals surface area contributed by atoms with Gasteiger partial charge < -0.3 is 0 Å². The molecule has 1 rings (SSSR count). The van der Waals surface area contributed by atoms with Crippen LogP contribution in [0.15, 0.2) is 18.5 Å². The maximum Gasteiger partial charge on any atom is 0.193 e. The van der Waals surface area contributed by atoms with Crippen molar-refractivity contribution in [2.24, 2.45) is 0 Å². The van der Waals surface area contributed by atoms with Gasteiger partial charge in [0.2, 0.25) is 0 Å². The second-order valence-corrected chi connectivity index (χ2v) is 2.23. The third-order valence-electron chi connectivity index (χ3n) is 0.929. The highest BCUT2D eigenvalue weighted by atomic mass is 32.1. The van der Waals surface area contributed by atoms with Crippen molar-refractivity contribution in [3.8, 4) is 0 Å². The predicted molar refractivity (Wildman–Crippen MR) is 39.7 cm³/mol. The third-order valence-corrected chi connectivity index (χ3v) is 1.09. The maximum atomic E-state index is 10.4. The zero-order valence-electron chi connectivity index (χ0n) is 5.19. The van der Waals surface area contributed by atoms with Crippen molar-refractivity contribution in [3.05, 3.63) is 24.3 Å². The van der Waals surface area contributed by atoms with Crippen LogP contribution in [-0.4, -0.2) is 15.1 Å². The van der Waals surface area contributed by atoms with Gasteiger partial charge in [-0.05, 0) is 6.07 Å². The first-order valence-electron chi connectivity index (χ1n) is 2.77. The Hall–Kier alpha value is -0.900. The highest BCUT2D eigenvalue weighted by Gasteiger charge is 1.97. The van der Waals surface area contributed by atoms with E-state index in [-0.39, 0.29) is 11.5 Å². The summed E-state index contributed by atoms with van der Waals surface area (Å²) in [6.45, 7) is 0. The van der Waals surface area contributed by atoms with E-state index in [4.69, 9.17) is 0 Å². The summed E-state index contributed by atoms with van der Waals surface area (Å²) in [4.78, 5) is 18.1. The molecule has 0 saturated heterocycles. The van der Waals surface area contributed by atoms with Crippen molar-refractivity contribution >= 4 is 17.7 Å². The molecule has 0 spiro atoms. The lowest BCUT2D eigenvalue weighted by atomic mass is 10.4.